The summed E-state index contributed by atoms with van der Waals surface area (Å²) in [5.74, 6) is -2.56. The Morgan fingerprint density at radius 1 is 0.957 bits per heavy atom. The number of hydrogen-bond acceptors (Lipinski definition) is 3. The maximum atomic E-state index is 15.8. The van der Waals surface area contributed by atoms with Gasteiger partial charge in [0.1, 0.15) is 17.0 Å². The Balaban J connectivity index is 1.46. The van der Waals surface area contributed by atoms with E-state index in [0.29, 0.717) is 10.5 Å². The molecule has 10 heteroatoms. The predicted octanol–water partition coefficient (Wildman–Crippen LogP) is 9.04. The lowest BCUT2D eigenvalue weighted by atomic mass is 9.98. The van der Waals surface area contributed by atoms with Gasteiger partial charge in [0, 0.05) is 47.6 Å². The van der Waals surface area contributed by atoms with Crippen LogP contribution in [-0.2, 0) is 11.8 Å². The van der Waals surface area contributed by atoms with Crippen LogP contribution in [-0.4, -0.2) is 31.5 Å². The van der Waals surface area contributed by atoms with E-state index in [2.05, 4.69) is 4.98 Å². The summed E-state index contributed by atoms with van der Waals surface area (Å²) in [5, 5.41) is 0.499. The van der Waals surface area contributed by atoms with Gasteiger partial charge in [0.15, 0.2) is 11.6 Å². The van der Waals surface area contributed by atoms with Crippen LogP contribution < -0.4 is 4.90 Å². The van der Waals surface area contributed by atoms with Gasteiger partial charge >= 0.3 is 0 Å². The third-order valence-corrected chi connectivity index (χ3v) is 8.65. The second-order valence-corrected chi connectivity index (χ2v) is 11.7. The molecule has 0 unspecified atom stereocenters. The standard InChI is InChI=1S/C36H28Cl2F2N4O2/c1-20-16-28-33(41-22(3)42(28)4)32(38)31(20)25-12-9-15-43-29(17-21(2)34(25)43)36(46)23-18-26(39)35(27(40)19-23)44(30(45)13-8-14-37)24-10-6-5-7-11-24/h5-13,15-19H,14H2,1-4H3/b13-8+. The van der Waals surface area contributed by atoms with Crippen molar-refractivity contribution in [2.75, 3.05) is 10.8 Å². The van der Waals surface area contributed by atoms with Gasteiger partial charge in [0.25, 0.3) is 5.91 Å². The molecule has 0 saturated carbocycles. The minimum Gasteiger partial charge on any atom is -0.331 e. The van der Waals surface area contributed by atoms with Crippen molar-refractivity contribution in [3.8, 4) is 11.1 Å². The molecule has 0 aliphatic rings. The average Bonchev–Trinajstić information content (AvgIpc) is 3.53. The summed E-state index contributed by atoms with van der Waals surface area (Å²) in [6, 6.07) is 17.5. The van der Waals surface area contributed by atoms with Crippen LogP contribution in [0.4, 0.5) is 20.2 Å². The highest BCUT2D eigenvalue weighted by Crippen LogP contribution is 2.40. The number of amides is 1. The largest absolute Gasteiger partial charge is 0.331 e. The Morgan fingerprint density at radius 2 is 1.65 bits per heavy atom. The number of ketones is 1. The van der Waals surface area contributed by atoms with E-state index in [0.717, 1.165) is 62.2 Å². The van der Waals surface area contributed by atoms with Gasteiger partial charge in [-0.2, -0.15) is 0 Å². The lowest BCUT2D eigenvalue weighted by Crippen LogP contribution is -2.26. The quantitative estimate of drug-likeness (QED) is 0.0978. The molecule has 6 rings (SSSR count). The van der Waals surface area contributed by atoms with E-state index in [1.165, 1.54) is 6.08 Å². The van der Waals surface area contributed by atoms with Gasteiger partial charge in [-0.15, -0.1) is 11.6 Å². The summed E-state index contributed by atoms with van der Waals surface area (Å²) in [6.07, 6.45) is 4.25. The number of hydrogen-bond donors (Lipinski definition) is 0. The van der Waals surface area contributed by atoms with E-state index < -0.39 is 29.0 Å². The summed E-state index contributed by atoms with van der Waals surface area (Å²) >= 11 is 12.7. The number of nitrogens with zero attached hydrogens (tertiary/aromatic N) is 4. The van der Waals surface area contributed by atoms with Crippen molar-refractivity contribution in [2.24, 2.45) is 7.05 Å². The maximum absolute atomic E-state index is 15.8. The molecule has 0 bridgehead atoms. The molecule has 0 aliphatic carbocycles. The van der Waals surface area contributed by atoms with Crippen molar-refractivity contribution >= 4 is 62.8 Å². The number of pyridine rings is 1. The Bertz CT molecular complexity index is 2200. The van der Waals surface area contributed by atoms with Crippen LogP contribution in [0.1, 0.15) is 33.0 Å². The molecular weight excluding hydrogens is 629 g/mol. The number of aromatic nitrogens is 3. The van der Waals surface area contributed by atoms with Crippen molar-refractivity contribution in [3.63, 3.8) is 0 Å². The zero-order valence-electron chi connectivity index (χ0n) is 25.4. The molecule has 46 heavy (non-hydrogen) atoms. The number of fused-ring (bicyclic) bond motifs is 2. The van der Waals surface area contributed by atoms with Crippen LogP contribution in [0.3, 0.4) is 0 Å². The zero-order valence-corrected chi connectivity index (χ0v) is 26.9. The maximum Gasteiger partial charge on any atom is 0.255 e. The van der Waals surface area contributed by atoms with Crippen LogP contribution in [0.5, 0.6) is 0 Å². The molecule has 3 aromatic heterocycles. The molecule has 6 aromatic rings. The fourth-order valence-electron chi connectivity index (χ4n) is 5.91. The highest BCUT2D eigenvalue weighted by atomic mass is 35.5. The first-order valence-electron chi connectivity index (χ1n) is 14.4. The monoisotopic (exact) mass is 656 g/mol. The number of alkyl halides is 1. The second kappa shape index (κ2) is 12.2. The molecule has 0 radical (unpaired) electrons. The van der Waals surface area contributed by atoms with Crippen molar-refractivity contribution < 1.29 is 18.4 Å². The first-order chi connectivity index (χ1) is 22.0. The number of imidazole rings is 1. The van der Waals surface area contributed by atoms with Gasteiger partial charge in [-0.3, -0.25) is 14.5 Å². The Hall–Kier alpha value is -4.79. The number of anilines is 2. The van der Waals surface area contributed by atoms with Gasteiger partial charge in [-0.25, -0.2) is 13.8 Å². The SMILES string of the molecule is Cc1cc2c(nc(C)n2C)c(Cl)c1-c1cccn2c(C(=O)c3cc(F)c(N(C(=O)/C=C/CCl)c4ccccc4)c(F)c3)cc(C)c12. The highest BCUT2D eigenvalue weighted by Gasteiger charge is 2.27. The van der Waals surface area contributed by atoms with Gasteiger partial charge in [-0.1, -0.05) is 41.9 Å². The van der Waals surface area contributed by atoms with E-state index in [1.807, 2.05) is 44.5 Å². The molecule has 0 fully saturated rings. The zero-order chi connectivity index (χ0) is 32.9. The molecule has 0 N–H and O–H groups in total. The smallest absolute Gasteiger partial charge is 0.255 e. The topological polar surface area (TPSA) is 59.6 Å². The number of aryl methyl sites for hydroxylation is 4. The molecular formula is C36H28Cl2F2N4O2. The summed E-state index contributed by atoms with van der Waals surface area (Å²) < 4.78 is 35.3. The number of para-hydroxylation sites is 1. The van der Waals surface area contributed by atoms with Gasteiger partial charge < -0.3 is 8.97 Å². The molecule has 0 saturated heterocycles. The summed E-state index contributed by atoms with van der Waals surface area (Å²) in [5.41, 5.74) is 5.25. The number of carbonyl (C=O) groups excluding carboxylic acids is 2. The molecule has 1 amide bonds. The van der Waals surface area contributed by atoms with E-state index in [-0.39, 0.29) is 22.8 Å². The third kappa shape index (κ3) is 5.17. The summed E-state index contributed by atoms with van der Waals surface area (Å²) in [7, 11) is 1.93. The summed E-state index contributed by atoms with van der Waals surface area (Å²) in [4.78, 5) is 32.5. The fourth-order valence-corrected chi connectivity index (χ4v) is 6.39. The van der Waals surface area contributed by atoms with E-state index in [4.69, 9.17) is 23.2 Å². The molecule has 0 aliphatic heterocycles. The van der Waals surface area contributed by atoms with Crippen molar-refractivity contribution in [2.45, 2.75) is 20.8 Å². The predicted molar refractivity (Wildman–Crippen MR) is 180 cm³/mol. The second-order valence-electron chi connectivity index (χ2n) is 11.0. The normalized spacial score (nSPS) is 11.7. The minimum absolute atomic E-state index is 0.0440. The molecule has 0 atom stereocenters. The van der Waals surface area contributed by atoms with Crippen LogP contribution in [0, 0.1) is 32.4 Å². The fraction of sp³-hybridized carbons (Fsp3) is 0.139. The van der Waals surface area contributed by atoms with Gasteiger partial charge in [0.05, 0.1) is 21.7 Å². The van der Waals surface area contributed by atoms with E-state index >= 15 is 8.78 Å². The van der Waals surface area contributed by atoms with Gasteiger partial charge in [0.2, 0.25) is 5.78 Å². The molecule has 3 heterocycles. The number of benzene rings is 3. The number of carbonyl (C=O) groups is 2. The first-order valence-corrected chi connectivity index (χ1v) is 15.3. The van der Waals surface area contributed by atoms with E-state index in [1.54, 1.807) is 53.1 Å². The average molecular weight is 658 g/mol. The van der Waals surface area contributed by atoms with Crippen LogP contribution in [0.15, 0.2) is 85.1 Å². The highest BCUT2D eigenvalue weighted by molar-refractivity contribution is 6.38. The van der Waals surface area contributed by atoms with E-state index in [9.17, 15) is 9.59 Å². The molecule has 6 nitrogen and oxygen atoms in total. The third-order valence-electron chi connectivity index (χ3n) is 8.11. The Labute approximate surface area is 274 Å². The Morgan fingerprint density at radius 3 is 2.33 bits per heavy atom. The van der Waals surface area contributed by atoms with Crippen molar-refractivity contribution in [1.82, 2.24) is 14.0 Å². The number of rotatable bonds is 7. The first kappa shape index (κ1) is 31.2. The Kier molecular flexibility index (Phi) is 8.27. The molecule has 232 valence electrons. The lowest BCUT2D eigenvalue weighted by Gasteiger charge is -2.23. The van der Waals surface area contributed by atoms with Gasteiger partial charge in [-0.05, 0) is 74.4 Å². The molecule has 3 aromatic carbocycles. The van der Waals surface area contributed by atoms with Crippen molar-refractivity contribution in [3.05, 3.63) is 130 Å². The number of allylic oxidation sites excluding steroid dienone is 1. The van der Waals surface area contributed by atoms with Crippen LogP contribution >= 0.6 is 23.2 Å². The van der Waals surface area contributed by atoms with Crippen molar-refractivity contribution in [1.29, 1.82) is 0 Å². The van der Waals surface area contributed by atoms with Crippen LogP contribution in [0.25, 0.3) is 27.7 Å². The van der Waals surface area contributed by atoms with Crippen LogP contribution in [0.2, 0.25) is 5.02 Å². The molecule has 0 spiro atoms. The lowest BCUT2D eigenvalue weighted by molar-refractivity contribution is -0.113. The number of halogens is 4. The minimum atomic E-state index is -1.07. The summed E-state index contributed by atoms with van der Waals surface area (Å²) in [6.45, 7) is 5.75.